The van der Waals surface area contributed by atoms with E-state index in [9.17, 15) is 0 Å². The second-order valence-corrected chi connectivity index (χ2v) is 6.78. The Bertz CT molecular complexity index is 885. The standard InChI is InChI=1S/C24H27NO2/c1-4-15-26-24-14-11-20-7-5-6-8-22(20)23(24)17-25-16-19-9-12-21(13-10-19)27-18(2)3/h4-14,18,25H,1,15-17H2,2-3H3. The first-order chi connectivity index (χ1) is 13.2. The van der Waals surface area contributed by atoms with Crippen molar-refractivity contribution in [2.24, 2.45) is 0 Å². The number of nitrogens with one attached hydrogen (secondary N) is 1. The van der Waals surface area contributed by atoms with Gasteiger partial charge in [0.25, 0.3) is 0 Å². The Balaban J connectivity index is 1.71. The Labute approximate surface area is 161 Å². The van der Waals surface area contributed by atoms with E-state index in [1.54, 1.807) is 6.08 Å². The van der Waals surface area contributed by atoms with Crippen molar-refractivity contribution in [2.45, 2.75) is 33.0 Å². The minimum atomic E-state index is 0.189. The fourth-order valence-corrected chi connectivity index (χ4v) is 3.07. The van der Waals surface area contributed by atoms with Gasteiger partial charge in [-0.15, -0.1) is 0 Å². The molecule has 0 spiro atoms. The molecule has 0 amide bonds. The summed E-state index contributed by atoms with van der Waals surface area (Å²) in [5, 5.41) is 5.97. The first kappa shape index (κ1) is 19.0. The highest BCUT2D eigenvalue weighted by molar-refractivity contribution is 5.87. The summed E-state index contributed by atoms with van der Waals surface area (Å²) >= 11 is 0. The van der Waals surface area contributed by atoms with Crippen LogP contribution in [0.25, 0.3) is 10.8 Å². The molecule has 0 heterocycles. The second-order valence-electron chi connectivity index (χ2n) is 6.78. The minimum absolute atomic E-state index is 0.189. The first-order valence-electron chi connectivity index (χ1n) is 9.38. The predicted molar refractivity (Wildman–Crippen MR) is 112 cm³/mol. The highest BCUT2D eigenvalue weighted by atomic mass is 16.5. The Hall–Kier alpha value is -2.78. The zero-order chi connectivity index (χ0) is 19.1. The molecule has 3 rings (SSSR count). The van der Waals surface area contributed by atoms with Crippen LogP contribution in [-0.2, 0) is 13.1 Å². The van der Waals surface area contributed by atoms with E-state index in [1.807, 2.05) is 32.0 Å². The average Bonchev–Trinajstić information content (AvgIpc) is 2.68. The first-order valence-corrected chi connectivity index (χ1v) is 9.38. The molecule has 0 radical (unpaired) electrons. The summed E-state index contributed by atoms with van der Waals surface area (Å²) in [6.07, 6.45) is 1.96. The Morgan fingerprint density at radius 1 is 0.963 bits per heavy atom. The number of fused-ring (bicyclic) bond motifs is 1. The maximum absolute atomic E-state index is 5.88. The van der Waals surface area contributed by atoms with E-state index in [2.05, 4.69) is 54.4 Å². The number of rotatable bonds is 9. The second kappa shape index (κ2) is 9.24. The van der Waals surface area contributed by atoms with Crippen molar-refractivity contribution >= 4 is 10.8 Å². The molecule has 3 nitrogen and oxygen atoms in total. The molecule has 0 aliphatic rings. The van der Waals surface area contributed by atoms with Crippen molar-refractivity contribution in [1.82, 2.24) is 5.32 Å². The topological polar surface area (TPSA) is 30.5 Å². The van der Waals surface area contributed by atoms with Crippen molar-refractivity contribution in [3.05, 3.63) is 84.4 Å². The fraction of sp³-hybridized carbons (Fsp3) is 0.250. The van der Waals surface area contributed by atoms with Gasteiger partial charge in [-0.05, 0) is 48.4 Å². The number of hydrogen-bond acceptors (Lipinski definition) is 3. The monoisotopic (exact) mass is 361 g/mol. The van der Waals surface area contributed by atoms with E-state index in [0.717, 1.165) is 24.6 Å². The van der Waals surface area contributed by atoms with Gasteiger partial charge >= 0.3 is 0 Å². The molecule has 0 saturated carbocycles. The van der Waals surface area contributed by atoms with Crippen molar-refractivity contribution in [2.75, 3.05) is 6.61 Å². The molecule has 1 N–H and O–H groups in total. The Kier molecular flexibility index (Phi) is 6.50. The third-order valence-electron chi connectivity index (χ3n) is 4.28. The van der Waals surface area contributed by atoms with E-state index in [-0.39, 0.29) is 6.10 Å². The fourth-order valence-electron chi connectivity index (χ4n) is 3.07. The summed E-state index contributed by atoms with van der Waals surface area (Å²) in [4.78, 5) is 0. The van der Waals surface area contributed by atoms with E-state index >= 15 is 0 Å². The van der Waals surface area contributed by atoms with Crippen LogP contribution in [0.1, 0.15) is 25.0 Å². The van der Waals surface area contributed by atoms with Gasteiger partial charge in [-0.1, -0.05) is 55.1 Å². The molecule has 0 aliphatic heterocycles. The molecule has 0 aliphatic carbocycles. The maximum Gasteiger partial charge on any atom is 0.124 e. The van der Waals surface area contributed by atoms with E-state index < -0.39 is 0 Å². The molecule has 0 fully saturated rings. The van der Waals surface area contributed by atoms with Gasteiger partial charge in [0.2, 0.25) is 0 Å². The van der Waals surface area contributed by atoms with Gasteiger partial charge in [0, 0.05) is 18.7 Å². The summed E-state index contributed by atoms with van der Waals surface area (Å²) in [5.41, 5.74) is 2.40. The lowest BCUT2D eigenvalue weighted by Gasteiger charge is -2.15. The minimum Gasteiger partial charge on any atom is -0.491 e. The third kappa shape index (κ3) is 5.11. The summed E-state index contributed by atoms with van der Waals surface area (Å²) in [5.74, 6) is 1.81. The third-order valence-corrected chi connectivity index (χ3v) is 4.28. The van der Waals surface area contributed by atoms with E-state index in [1.165, 1.54) is 21.9 Å². The molecule has 0 atom stereocenters. The Morgan fingerprint density at radius 3 is 2.48 bits per heavy atom. The van der Waals surface area contributed by atoms with Crippen LogP contribution in [0.5, 0.6) is 11.5 Å². The molecule has 3 aromatic carbocycles. The van der Waals surface area contributed by atoms with Crippen LogP contribution in [-0.4, -0.2) is 12.7 Å². The summed E-state index contributed by atoms with van der Waals surface area (Å²) in [7, 11) is 0. The van der Waals surface area contributed by atoms with Crippen molar-refractivity contribution in [3.8, 4) is 11.5 Å². The Morgan fingerprint density at radius 2 is 1.74 bits per heavy atom. The van der Waals surface area contributed by atoms with E-state index in [4.69, 9.17) is 9.47 Å². The van der Waals surface area contributed by atoms with Gasteiger partial charge in [-0.3, -0.25) is 0 Å². The average molecular weight is 361 g/mol. The van der Waals surface area contributed by atoms with Crippen molar-refractivity contribution < 1.29 is 9.47 Å². The molecule has 0 unspecified atom stereocenters. The van der Waals surface area contributed by atoms with Crippen LogP contribution < -0.4 is 14.8 Å². The smallest absolute Gasteiger partial charge is 0.124 e. The number of hydrogen-bond donors (Lipinski definition) is 1. The van der Waals surface area contributed by atoms with Crippen LogP contribution in [0, 0.1) is 0 Å². The number of benzene rings is 3. The van der Waals surface area contributed by atoms with Crippen LogP contribution in [0.15, 0.2) is 73.3 Å². The molecule has 0 saturated heterocycles. The van der Waals surface area contributed by atoms with Crippen LogP contribution >= 0.6 is 0 Å². The summed E-state index contributed by atoms with van der Waals surface area (Å²) < 4.78 is 11.6. The van der Waals surface area contributed by atoms with Gasteiger partial charge in [-0.25, -0.2) is 0 Å². The van der Waals surface area contributed by atoms with Crippen molar-refractivity contribution in [3.63, 3.8) is 0 Å². The summed E-state index contributed by atoms with van der Waals surface area (Å²) in [6, 6.07) is 20.8. The van der Waals surface area contributed by atoms with Gasteiger partial charge in [0.15, 0.2) is 0 Å². The van der Waals surface area contributed by atoms with Gasteiger partial charge in [0.1, 0.15) is 18.1 Å². The van der Waals surface area contributed by atoms with Crippen LogP contribution in [0.2, 0.25) is 0 Å². The van der Waals surface area contributed by atoms with Crippen LogP contribution in [0.3, 0.4) is 0 Å². The van der Waals surface area contributed by atoms with Gasteiger partial charge < -0.3 is 14.8 Å². The lowest BCUT2D eigenvalue weighted by molar-refractivity contribution is 0.242. The molecule has 3 heteroatoms. The SMILES string of the molecule is C=CCOc1ccc2ccccc2c1CNCc1ccc(OC(C)C)cc1. The largest absolute Gasteiger partial charge is 0.491 e. The molecular weight excluding hydrogens is 334 g/mol. The molecule has 0 aromatic heterocycles. The highest BCUT2D eigenvalue weighted by Gasteiger charge is 2.08. The van der Waals surface area contributed by atoms with Gasteiger partial charge in [-0.2, -0.15) is 0 Å². The molecule has 140 valence electrons. The molecule has 0 bridgehead atoms. The van der Waals surface area contributed by atoms with Crippen molar-refractivity contribution in [1.29, 1.82) is 0 Å². The maximum atomic E-state index is 5.88. The van der Waals surface area contributed by atoms with E-state index in [0.29, 0.717) is 6.61 Å². The number of ether oxygens (including phenoxy) is 2. The zero-order valence-electron chi connectivity index (χ0n) is 16.1. The lowest BCUT2D eigenvalue weighted by atomic mass is 10.0. The highest BCUT2D eigenvalue weighted by Crippen LogP contribution is 2.28. The van der Waals surface area contributed by atoms with Crippen LogP contribution in [0.4, 0.5) is 0 Å². The molecule has 3 aromatic rings. The predicted octanol–water partition coefficient (Wildman–Crippen LogP) is 5.48. The quantitative estimate of drug-likeness (QED) is 0.512. The summed E-state index contributed by atoms with van der Waals surface area (Å²) in [6.45, 7) is 9.83. The lowest BCUT2D eigenvalue weighted by Crippen LogP contribution is -2.14. The molecular formula is C24H27NO2. The normalized spacial score (nSPS) is 10.9. The zero-order valence-corrected chi connectivity index (χ0v) is 16.1. The van der Waals surface area contributed by atoms with Gasteiger partial charge in [0.05, 0.1) is 6.10 Å². The molecule has 27 heavy (non-hydrogen) atoms.